The zero-order chi connectivity index (χ0) is 13.6. The minimum atomic E-state index is -0.191. The second kappa shape index (κ2) is 6.90. The van der Waals surface area contributed by atoms with Gasteiger partial charge in [0, 0.05) is 26.0 Å². The summed E-state index contributed by atoms with van der Waals surface area (Å²) in [6.45, 7) is 6.66. The van der Waals surface area contributed by atoms with Gasteiger partial charge in [-0.05, 0) is 20.3 Å². The first-order chi connectivity index (χ1) is 8.46. The van der Waals surface area contributed by atoms with Crippen molar-refractivity contribution in [2.24, 2.45) is 0 Å². The summed E-state index contributed by atoms with van der Waals surface area (Å²) in [6.07, 6.45) is 2.57. The third-order valence-corrected chi connectivity index (χ3v) is 2.89. The van der Waals surface area contributed by atoms with Gasteiger partial charge >= 0.3 is 0 Å². The summed E-state index contributed by atoms with van der Waals surface area (Å²) >= 11 is 5.93. The molecular weight excluding hydrogens is 252 g/mol. The maximum Gasteiger partial charge on any atom is 0.218 e. The number of halogens is 1. The summed E-state index contributed by atoms with van der Waals surface area (Å²) in [7, 11) is 1.70. The Balaban J connectivity index is 2.56. The van der Waals surface area contributed by atoms with E-state index >= 15 is 0 Å². The Labute approximate surface area is 114 Å². The van der Waals surface area contributed by atoms with Crippen molar-refractivity contribution in [2.75, 3.05) is 13.7 Å². The van der Waals surface area contributed by atoms with Crippen molar-refractivity contribution in [3.05, 3.63) is 17.0 Å². The Bertz CT molecular complexity index is 383. The SMILES string of the molecule is CCCc1nc(Cl)cc(OCCC(C)(C)OC)n1. The van der Waals surface area contributed by atoms with Gasteiger partial charge in [0.25, 0.3) is 0 Å². The van der Waals surface area contributed by atoms with Crippen LogP contribution in [-0.4, -0.2) is 29.3 Å². The van der Waals surface area contributed by atoms with Crippen LogP contribution >= 0.6 is 11.6 Å². The number of aryl methyl sites for hydroxylation is 1. The monoisotopic (exact) mass is 272 g/mol. The fourth-order valence-electron chi connectivity index (χ4n) is 1.35. The first kappa shape index (κ1) is 15.2. The Morgan fingerprint density at radius 3 is 2.67 bits per heavy atom. The quantitative estimate of drug-likeness (QED) is 0.715. The molecular formula is C13H21ClN2O2. The zero-order valence-corrected chi connectivity index (χ0v) is 12.3. The van der Waals surface area contributed by atoms with Gasteiger partial charge in [0.05, 0.1) is 12.2 Å². The molecule has 0 aliphatic carbocycles. The van der Waals surface area contributed by atoms with Gasteiger partial charge in [-0.15, -0.1) is 0 Å². The molecule has 0 unspecified atom stereocenters. The van der Waals surface area contributed by atoms with Crippen molar-refractivity contribution in [1.29, 1.82) is 0 Å². The number of nitrogens with zero attached hydrogens (tertiary/aromatic N) is 2. The molecule has 5 heteroatoms. The highest BCUT2D eigenvalue weighted by Gasteiger charge is 2.16. The van der Waals surface area contributed by atoms with Gasteiger partial charge in [-0.2, -0.15) is 4.98 Å². The van der Waals surface area contributed by atoms with Crippen LogP contribution < -0.4 is 4.74 Å². The van der Waals surface area contributed by atoms with Crippen LogP contribution in [0.3, 0.4) is 0 Å². The lowest BCUT2D eigenvalue weighted by molar-refractivity contribution is 0.00506. The molecule has 0 saturated carbocycles. The van der Waals surface area contributed by atoms with Crippen molar-refractivity contribution >= 4 is 11.6 Å². The topological polar surface area (TPSA) is 44.2 Å². The molecule has 0 atom stereocenters. The first-order valence-electron chi connectivity index (χ1n) is 6.18. The van der Waals surface area contributed by atoms with Crippen molar-refractivity contribution < 1.29 is 9.47 Å². The molecule has 1 aromatic heterocycles. The van der Waals surface area contributed by atoms with E-state index in [1.807, 2.05) is 13.8 Å². The predicted molar refractivity (Wildman–Crippen MR) is 72.2 cm³/mol. The van der Waals surface area contributed by atoms with Gasteiger partial charge in [-0.3, -0.25) is 0 Å². The predicted octanol–water partition coefficient (Wildman–Crippen LogP) is 3.28. The normalized spacial score (nSPS) is 11.6. The minimum absolute atomic E-state index is 0.191. The zero-order valence-electron chi connectivity index (χ0n) is 11.5. The van der Waals surface area contributed by atoms with Crippen molar-refractivity contribution in [3.8, 4) is 5.88 Å². The summed E-state index contributed by atoms with van der Waals surface area (Å²) in [5.74, 6) is 1.26. The van der Waals surface area contributed by atoms with Gasteiger partial charge in [0.2, 0.25) is 5.88 Å². The second-order valence-corrected chi connectivity index (χ2v) is 5.14. The molecule has 1 rings (SSSR count). The van der Waals surface area contributed by atoms with Crippen LogP contribution in [0.25, 0.3) is 0 Å². The van der Waals surface area contributed by atoms with Gasteiger partial charge in [-0.25, -0.2) is 4.98 Å². The van der Waals surface area contributed by atoms with E-state index in [0.717, 1.165) is 25.1 Å². The smallest absolute Gasteiger partial charge is 0.218 e. The van der Waals surface area contributed by atoms with Crippen LogP contribution in [0.15, 0.2) is 6.07 Å². The van der Waals surface area contributed by atoms with Gasteiger partial charge in [-0.1, -0.05) is 18.5 Å². The molecule has 0 aliphatic rings. The molecule has 102 valence electrons. The number of hydrogen-bond acceptors (Lipinski definition) is 4. The van der Waals surface area contributed by atoms with E-state index in [1.165, 1.54) is 0 Å². The fourth-order valence-corrected chi connectivity index (χ4v) is 1.55. The van der Waals surface area contributed by atoms with Crippen molar-refractivity contribution in [1.82, 2.24) is 9.97 Å². The summed E-state index contributed by atoms with van der Waals surface area (Å²) in [5.41, 5.74) is -0.191. The largest absolute Gasteiger partial charge is 0.477 e. The minimum Gasteiger partial charge on any atom is -0.477 e. The van der Waals surface area contributed by atoms with Crippen molar-refractivity contribution in [2.45, 2.75) is 45.6 Å². The fraction of sp³-hybridized carbons (Fsp3) is 0.692. The number of ether oxygens (including phenoxy) is 2. The molecule has 0 saturated heterocycles. The van der Waals surface area contributed by atoms with E-state index < -0.39 is 0 Å². The number of hydrogen-bond donors (Lipinski definition) is 0. The van der Waals surface area contributed by atoms with E-state index in [1.54, 1.807) is 13.2 Å². The Morgan fingerprint density at radius 2 is 2.06 bits per heavy atom. The van der Waals surface area contributed by atoms with E-state index in [4.69, 9.17) is 21.1 Å². The standard InChI is InChI=1S/C13H21ClN2O2/c1-5-6-11-15-10(14)9-12(16-11)18-8-7-13(2,3)17-4/h9H,5-8H2,1-4H3. The van der Waals surface area contributed by atoms with Crippen LogP contribution in [-0.2, 0) is 11.2 Å². The average Bonchev–Trinajstić information content (AvgIpc) is 2.28. The third-order valence-electron chi connectivity index (χ3n) is 2.70. The summed E-state index contributed by atoms with van der Waals surface area (Å²) in [6, 6.07) is 1.64. The first-order valence-corrected chi connectivity index (χ1v) is 6.56. The molecule has 0 bridgehead atoms. The average molecular weight is 273 g/mol. The van der Waals surface area contributed by atoms with Crippen LogP contribution in [0.5, 0.6) is 5.88 Å². The number of aromatic nitrogens is 2. The third kappa shape index (κ3) is 5.19. The Hall–Kier alpha value is -0.870. The highest BCUT2D eigenvalue weighted by Crippen LogP contribution is 2.17. The molecule has 0 radical (unpaired) electrons. The Kier molecular flexibility index (Phi) is 5.82. The molecule has 0 fully saturated rings. The maximum absolute atomic E-state index is 5.93. The summed E-state index contributed by atoms with van der Waals surface area (Å²) < 4.78 is 10.9. The Morgan fingerprint density at radius 1 is 1.33 bits per heavy atom. The number of methoxy groups -OCH3 is 1. The lowest BCUT2D eigenvalue weighted by Crippen LogP contribution is -2.25. The van der Waals surface area contributed by atoms with E-state index in [2.05, 4.69) is 16.9 Å². The van der Waals surface area contributed by atoms with Crippen LogP contribution in [0, 0.1) is 0 Å². The number of rotatable bonds is 7. The second-order valence-electron chi connectivity index (χ2n) is 4.76. The molecule has 4 nitrogen and oxygen atoms in total. The van der Waals surface area contributed by atoms with E-state index in [0.29, 0.717) is 17.6 Å². The van der Waals surface area contributed by atoms with E-state index in [9.17, 15) is 0 Å². The molecule has 1 aromatic rings. The molecule has 0 amide bonds. The molecule has 1 heterocycles. The maximum atomic E-state index is 5.93. The summed E-state index contributed by atoms with van der Waals surface area (Å²) in [4.78, 5) is 8.46. The van der Waals surface area contributed by atoms with Crippen LogP contribution in [0.2, 0.25) is 5.15 Å². The van der Waals surface area contributed by atoms with Gasteiger partial charge in [0.15, 0.2) is 0 Å². The lowest BCUT2D eigenvalue weighted by Gasteiger charge is -2.22. The molecule has 18 heavy (non-hydrogen) atoms. The van der Waals surface area contributed by atoms with Gasteiger partial charge in [0.1, 0.15) is 11.0 Å². The molecule has 0 aromatic carbocycles. The highest BCUT2D eigenvalue weighted by atomic mass is 35.5. The summed E-state index contributed by atoms with van der Waals surface area (Å²) in [5, 5.41) is 0.425. The van der Waals surface area contributed by atoms with E-state index in [-0.39, 0.29) is 5.60 Å². The van der Waals surface area contributed by atoms with Gasteiger partial charge < -0.3 is 9.47 Å². The van der Waals surface area contributed by atoms with Crippen LogP contribution in [0.1, 0.15) is 39.4 Å². The van der Waals surface area contributed by atoms with Crippen molar-refractivity contribution in [3.63, 3.8) is 0 Å². The molecule has 0 aliphatic heterocycles. The van der Waals surface area contributed by atoms with Crippen LogP contribution in [0.4, 0.5) is 0 Å². The molecule has 0 N–H and O–H groups in total. The lowest BCUT2D eigenvalue weighted by atomic mass is 10.1. The highest BCUT2D eigenvalue weighted by molar-refractivity contribution is 6.29. The molecule has 0 spiro atoms.